The van der Waals surface area contributed by atoms with Gasteiger partial charge in [0.05, 0.1) is 0 Å². The van der Waals surface area contributed by atoms with E-state index in [4.69, 9.17) is 0 Å². The summed E-state index contributed by atoms with van der Waals surface area (Å²) in [5.74, 6) is 0. The van der Waals surface area contributed by atoms with Crippen LogP contribution in [0.25, 0.3) is 84.5 Å². The highest BCUT2D eigenvalue weighted by Crippen LogP contribution is 2.43. The summed E-state index contributed by atoms with van der Waals surface area (Å²) in [7, 11) is 0. The monoisotopic (exact) mass is 735 g/mol. The maximum Gasteiger partial charge on any atom is 0.0462 e. The van der Waals surface area contributed by atoms with Gasteiger partial charge in [-0.25, -0.2) is 0 Å². The third-order valence-corrected chi connectivity index (χ3v) is 13.2. The smallest absolute Gasteiger partial charge is 0.0462 e. The molecule has 0 aliphatic rings. The number of hydrogen-bond donors (Lipinski definition) is 0. The first-order chi connectivity index (χ1) is 27.2. The van der Waals surface area contributed by atoms with Crippen LogP contribution >= 0.6 is 22.7 Å². The minimum Gasteiger partial charge on any atom is -0.311 e. The van der Waals surface area contributed by atoms with E-state index in [1.807, 2.05) is 22.7 Å². The minimum atomic E-state index is 1.11. The summed E-state index contributed by atoms with van der Waals surface area (Å²) >= 11 is 3.76. The van der Waals surface area contributed by atoms with E-state index in [2.05, 4.69) is 205 Å². The zero-order valence-electron chi connectivity index (χ0n) is 29.8. The van der Waals surface area contributed by atoms with Gasteiger partial charge >= 0.3 is 0 Å². The van der Waals surface area contributed by atoms with Gasteiger partial charge in [-0.3, -0.25) is 0 Å². The maximum atomic E-state index is 2.37. The fraction of sp³-hybridized carbons (Fsp3) is 0. The van der Waals surface area contributed by atoms with Gasteiger partial charge in [0.15, 0.2) is 0 Å². The van der Waals surface area contributed by atoms with E-state index >= 15 is 0 Å². The maximum absolute atomic E-state index is 2.37. The number of anilines is 3. The van der Waals surface area contributed by atoms with Crippen molar-refractivity contribution in [1.29, 1.82) is 0 Å². The predicted octanol–water partition coefficient (Wildman–Crippen LogP) is 16.0. The molecule has 258 valence electrons. The molecule has 0 aliphatic carbocycles. The van der Waals surface area contributed by atoms with Crippen molar-refractivity contribution in [3.63, 3.8) is 0 Å². The van der Waals surface area contributed by atoms with Gasteiger partial charge < -0.3 is 4.90 Å². The molecular formula is C52H33NS2. The summed E-state index contributed by atoms with van der Waals surface area (Å²) < 4.78 is 5.33. The lowest BCUT2D eigenvalue weighted by Gasteiger charge is -2.26. The molecule has 0 amide bonds. The number of nitrogens with zero attached hydrogens (tertiary/aromatic N) is 1. The summed E-state index contributed by atoms with van der Waals surface area (Å²) in [5, 5.41) is 7.92. The second kappa shape index (κ2) is 13.1. The van der Waals surface area contributed by atoms with Crippen LogP contribution in [0.5, 0.6) is 0 Å². The molecule has 2 heterocycles. The van der Waals surface area contributed by atoms with Crippen LogP contribution in [0.2, 0.25) is 0 Å². The van der Waals surface area contributed by atoms with Gasteiger partial charge in [-0.05, 0) is 105 Å². The van der Waals surface area contributed by atoms with Crippen LogP contribution in [0.4, 0.5) is 17.1 Å². The fourth-order valence-electron chi connectivity index (χ4n) is 8.17. The highest BCUT2D eigenvalue weighted by atomic mass is 32.1. The first kappa shape index (κ1) is 32.0. The molecule has 0 unspecified atom stereocenters. The Labute approximate surface area is 327 Å². The zero-order chi connectivity index (χ0) is 36.3. The number of benzene rings is 9. The number of rotatable bonds is 6. The molecule has 0 spiro atoms. The Bertz CT molecular complexity index is 3170. The number of hydrogen-bond acceptors (Lipinski definition) is 3. The van der Waals surface area contributed by atoms with E-state index in [-0.39, 0.29) is 0 Å². The van der Waals surface area contributed by atoms with Crippen LogP contribution < -0.4 is 4.90 Å². The van der Waals surface area contributed by atoms with Crippen molar-refractivity contribution in [2.75, 3.05) is 4.90 Å². The SMILES string of the molecule is c1ccc(-c2ccc(N(c3ccc(-c4ccc5sc6c7ccccc7ccc6c5c4)cc3)c3ccc(-c4cccc5sc6ccccc6c45)cc3)cc2)cc1. The molecule has 0 radical (unpaired) electrons. The van der Waals surface area contributed by atoms with Gasteiger partial charge in [-0.2, -0.15) is 0 Å². The second-order valence-electron chi connectivity index (χ2n) is 14.1. The summed E-state index contributed by atoms with van der Waals surface area (Å²) in [6.07, 6.45) is 0. The molecule has 0 bridgehead atoms. The normalized spacial score (nSPS) is 11.6. The minimum absolute atomic E-state index is 1.11. The molecule has 0 fully saturated rings. The summed E-state index contributed by atoms with van der Waals surface area (Å²) in [6.45, 7) is 0. The van der Waals surface area contributed by atoms with Crippen LogP contribution in [0.3, 0.4) is 0 Å². The average molecular weight is 736 g/mol. The van der Waals surface area contributed by atoms with E-state index in [1.165, 1.54) is 84.5 Å². The molecule has 11 aromatic rings. The van der Waals surface area contributed by atoms with E-state index < -0.39 is 0 Å². The molecule has 0 saturated carbocycles. The Morgan fingerprint density at radius 2 is 0.873 bits per heavy atom. The lowest BCUT2D eigenvalue weighted by molar-refractivity contribution is 1.28. The molecule has 0 N–H and O–H groups in total. The molecule has 3 heteroatoms. The van der Waals surface area contributed by atoms with Crippen molar-refractivity contribution in [2.45, 2.75) is 0 Å². The molecule has 1 nitrogen and oxygen atoms in total. The predicted molar refractivity (Wildman–Crippen MR) is 241 cm³/mol. The summed E-state index contributed by atoms with van der Waals surface area (Å²) in [6, 6.07) is 73.3. The van der Waals surface area contributed by atoms with Gasteiger partial charge in [-0.15, -0.1) is 22.7 Å². The van der Waals surface area contributed by atoms with E-state index in [1.54, 1.807) is 0 Å². The Morgan fingerprint density at radius 1 is 0.309 bits per heavy atom. The highest BCUT2D eigenvalue weighted by Gasteiger charge is 2.16. The van der Waals surface area contributed by atoms with Crippen LogP contribution in [-0.4, -0.2) is 0 Å². The highest BCUT2D eigenvalue weighted by molar-refractivity contribution is 7.26. The van der Waals surface area contributed by atoms with E-state index in [0.29, 0.717) is 0 Å². The third kappa shape index (κ3) is 5.51. The first-order valence-electron chi connectivity index (χ1n) is 18.7. The largest absolute Gasteiger partial charge is 0.311 e. The Kier molecular flexibility index (Phi) is 7.61. The van der Waals surface area contributed by atoms with E-state index in [0.717, 1.165) is 17.1 Å². The molecule has 0 atom stereocenters. The van der Waals surface area contributed by atoms with Crippen molar-refractivity contribution in [3.05, 3.63) is 200 Å². The van der Waals surface area contributed by atoms with Gasteiger partial charge in [0.25, 0.3) is 0 Å². The van der Waals surface area contributed by atoms with Crippen molar-refractivity contribution in [1.82, 2.24) is 0 Å². The van der Waals surface area contributed by atoms with Gasteiger partial charge in [-0.1, -0.05) is 140 Å². The van der Waals surface area contributed by atoms with Crippen LogP contribution in [-0.2, 0) is 0 Å². The molecule has 0 aliphatic heterocycles. The molecule has 0 saturated heterocycles. The lowest BCUT2D eigenvalue weighted by Crippen LogP contribution is -2.09. The lowest BCUT2D eigenvalue weighted by atomic mass is 9.99. The number of thiophene rings is 2. The topological polar surface area (TPSA) is 3.24 Å². The van der Waals surface area contributed by atoms with Crippen molar-refractivity contribution < 1.29 is 0 Å². The quantitative estimate of drug-likeness (QED) is 0.164. The Hall–Kier alpha value is -6.52. The van der Waals surface area contributed by atoms with E-state index in [9.17, 15) is 0 Å². The molecular weight excluding hydrogens is 703 g/mol. The Morgan fingerprint density at radius 3 is 1.62 bits per heavy atom. The van der Waals surface area contributed by atoms with Crippen molar-refractivity contribution >= 4 is 90.9 Å². The van der Waals surface area contributed by atoms with Crippen molar-refractivity contribution in [3.8, 4) is 33.4 Å². The summed E-state index contributed by atoms with van der Waals surface area (Å²) in [4.78, 5) is 2.36. The van der Waals surface area contributed by atoms with Gasteiger partial charge in [0, 0.05) is 57.4 Å². The molecule has 11 rings (SSSR count). The van der Waals surface area contributed by atoms with Gasteiger partial charge in [0.1, 0.15) is 0 Å². The zero-order valence-corrected chi connectivity index (χ0v) is 31.4. The third-order valence-electron chi connectivity index (χ3n) is 10.9. The summed E-state index contributed by atoms with van der Waals surface area (Å²) in [5.41, 5.74) is 10.7. The Balaban J connectivity index is 0.984. The fourth-order valence-corrected chi connectivity index (χ4v) is 10.5. The first-order valence-corrected chi connectivity index (χ1v) is 20.3. The molecule has 55 heavy (non-hydrogen) atoms. The van der Waals surface area contributed by atoms with Crippen LogP contribution in [0, 0.1) is 0 Å². The molecule has 9 aromatic carbocycles. The molecule has 2 aromatic heterocycles. The average Bonchev–Trinajstić information content (AvgIpc) is 3.83. The van der Waals surface area contributed by atoms with Crippen molar-refractivity contribution in [2.24, 2.45) is 0 Å². The van der Waals surface area contributed by atoms with Crippen LogP contribution in [0.15, 0.2) is 200 Å². The number of fused-ring (bicyclic) bond motifs is 8. The second-order valence-corrected chi connectivity index (χ2v) is 16.2. The van der Waals surface area contributed by atoms with Gasteiger partial charge in [0.2, 0.25) is 0 Å². The standard InChI is InChI=1S/C52H33NS2/c1-2-9-34(10-3-1)35-17-25-40(26-18-35)53(42-29-21-38(22-30-42)43-14-8-16-50-51(43)46-13-6-7-15-48(46)54-50)41-27-19-36(20-28-41)39-24-32-49-47(33-39)45-31-23-37-11-4-5-12-44(37)52(45)55-49/h1-33H. The van der Waals surface area contributed by atoms with Crippen LogP contribution in [0.1, 0.15) is 0 Å².